The molecule has 0 aliphatic heterocycles. The van der Waals surface area contributed by atoms with Crippen LogP contribution in [0.25, 0.3) is 0 Å². The Hall–Kier alpha value is -1.58. The first kappa shape index (κ1) is 17.8. The third-order valence-electron chi connectivity index (χ3n) is 3.89. The molecule has 0 saturated carbocycles. The summed E-state index contributed by atoms with van der Waals surface area (Å²) in [5.41, 5.74) is 0. The number of benzene rings is 3. The molecule has 0 unspecified atom stereocenters. The van der Waals surface area contributed by atoms with Crippen LogP contribution in [0.5, 0.6) is 0 Å². The van der Waals surface area contributed by atoms with Gasteiger partial charge in [-0.1, -0.05) is 54.6 Å². The topological polar surface area (TPSA) is 17.1 Å². The first-order chi connectivity index (χ1) is 10.9. The number of carbonyl (C=O) groups excluding carboxylic acids is 1. The monoisotopic (exact) mass is 410 g/mol. The van der Waals surface area contributed by atoms with E-state index in [0.29, 0.717) is 6.16 Å². The first-order valence-corrected chi connectivity index (χ1v) is 9.25. The molecule has 3 aromatic carbocycles. The Morgan fingerprint density at radius 2 is 0.913 bits per heavy atom. The number of hydrogen-bond donors (Lipinski definition) is 0. The van der Waals surface area contributed by atoms with Crippen LogP contribution in [0.2, 0.25) is 0 Å². The summed E-state index contributed by atoms with van der Waals surface area (Å²) in [7, 11) is -1.98. The molecule has 1 nitrogen and oxygen atoms in total. The summed E-state index contributed by atoms with van der Waals surface area (Å²) in [4.78, 5) is 11.4. The van der Waals surface area contributed by atoms with Gasteiger partial charge in [0.05, 0.1) is 7.26 Å². The van der Waals surface area contributed by atoms with Gasteiger partial charge in [-0.2, -0.15) is 0 Å². The maximum absolute atomic E-state index is 11.4. The van der Waals surface area contributed by atoms with E-state index in [0.717, 1.165) is 0 Å². The molecule has 3 rings (SSSR count). The van der Waals surface area contributed by atoms with Crippen LogP contribution in [0.15, 0.2) is 91.0 Å². The second kappa shape index (κ2) is 8.32. The summed E-state index contributed by atoms with van der Waals surface area (Å²) in [5.74, 6) is 0. The molecule has 0 aliphatic carbocycles. The summed E-state index contributed by atoms with van der Waals surface area (Å²) in [6.07, 6.45) is 2.61. The van der Waals surface area contributed by atoms with Crippen molar-refractivity contribution in [3.63, 3.8) is 0 Å². The Morgan fingerprint density at radius 3 is 1.17 bits per heavy atom. The van der Waals surface area contributed by atoms with Crippen molar-refractivity contribution in [1.29, 1.82) is 0 Å². The van der Waals surface area contributed by atoms with Crippen LogP contribution in [-0.4, -0.2) is 12.4 Å². The van der Waals surface area contributed by atoms with Crippen LogP contribution in [0, 0.1) is 0 Å². The van der Waals surface area contributed by atoms with Crippen LogP contribution in [-0.2, 0) is 25.2 Å². The van der Waals surface area contributed by atoms with Crippen molar-refractivity contribution < 1.29 is 25.2 Å². The Morgan fingerprint density at radius 1 is 0.609 bits per heavy atom. The van der Waals surface area contributed by atoms with Gasteiger partial charge in [0, 0.05) is 20.4 Å². The first-order valence-electron chi connectivity index (χ1n) is 7.28. The van der Waals surface area contributed by atoms with E-state index in [4.69, 9.17) is 0 Å². The van der Waals surface area contributed by atoms with E-state index in [1.807, 2.05) is 54.6 Å². The molecular weight excluding hydrogens is 394 g/mol. The molecule has 3 heteroatoms. The smallest absolute Gasteiger partial charge is 0.102 e. The molecule has 0 saturated heterocycles. The van der Waals surface area contributed by atoms with Crippen molar-refractivity contribution in [1.82, 2.24) is 0 Å². The molecule has 0 N–H and O–H groups in total. The van der Waals surface area contributed by atoms with Gasteiger partial charge in [0.15, 0.2) is 0 Å². The maximum atomic E-state index is 11.4. The van der Waals surface area contributed by atoms with Crippen molar-refractivity contribution in [3.8, 4) is 0 Å². The van der Waals surface area contributed by atoms with E-state index in [1.165, 1.54) is 15.9 Å². The molecule has 3 aromatic rings. The second-order valence-electron chi connectivity index (χ2n) is 5.12. The number of hydrogen-bond acceptors (Lipinski definition) is 1. The van der Waals surface area contributed by atoms with Crippen molar-refractivity contribution in [2.75, 3.05) is 6.16 Å². The van der Waals surface area contributed by atoms with Gasteiger partial charge in [-0.05, 0) is 42.6 Å². The standard InChI is InChI=1S/C20H17OP.Pd/c21-16-17-22(18-10-4-1-5-11-18,19-12-6-2-7-13-19)20-14-8-3-9-15-20;/h1-15H,17H2;. The van der Waals surface area contributed by atoms with Crippen LogP contribution in [0.1, 0.15) is 0 Å². The predicted octanol–water partition coefficient (Wildman–Crippen LogP) is 3.09. The van der Waals surface area contributed by atoms with Gasteiger partial charge in [-0.3, -0.25) is 0 Å². The minimum absolute atomic E-state index is 0. The quantitative estimate of drug-likeness (QED) is 0.359. The molecule has 0 fully saturated rings. The van der Waals surface area contributed by atoms with Crippen molar-refractivity contribution in [3.05, 3.63) is 91.0 Å². The molecule has 0 amide bonds. The molecule has 0 heterocycles. The van der Waals surface area contributed by atoms with Crippen molar-refractivity contribution >= 4 is 29.5 Å². The molecule has 0 spiro atoms. The fourth-order valence-electron chi connectivity index (χ4n) is 2.87. The fourth-order valence-corrected chi connectivity index (χ4v) is 6.54. The van der Waals surface area contributed by atoms with Crippen molar-refractivity contribution in [2.45, 2.75) is 0 Å². The summed E-state index contributed by atoms with van der Waals surface area (Å²) < 4.78 is 0. The molecule has 0 aromatic heterocycles. The largest absolute Gasteiger partial charge is 0.538 e. The van der Waals surface area contributed by atoms with Crippen molar-refractivity contribution in [2.24, 2.45) is 0 Å². The number of rotatable bonds is 5. The van der Waals surface area contributed by atoms with Crippen LogP contribution >= 0.6 is 7.26 Å². The van der Waals surface area contributed by atoms with E-state index in [-0.39, 0.29) is 20.4 Å². The minimum Gasteiger partial charge on any atom is -0.538 e. The zero-order valence-corrected chi connectivity index (χ0v) is 15.0. The normalized spacial score (nSPS) is 10.6. The maximum Gasteiger partial charge on any atom is 0.102 e. The fraction of sp³-hybridized carbons (Fsp3) is 0.0500. The Bertz CT molecular complexity index is 633. The van der Waals surface area contributed by atoms with Gasteiger partial charge in [0.1, 0.15) is 15.9 Å². The Balaban J connectivity index is 0.00000192. The van der Waals surface area contributed by atoms with E-state index in [2.05, 4.69) is 42.7 Å². The second-order valence-corrected chi connectivity index (χ2v) is 8.60. The average Bonchev–Trinajstić information content (AvgIpc) is 2.62. The summed E-state index contributed by atoms with van der Waals surface area (Å²) in [6.45, 7) is 0. The predicted molar refractivity (Wildman–Crippen MR) is 95.7 cm³/mol. The molecule has 0 bridgehead atoms. The summed E-state index contributed by atoms with van der Waals surface area (Å²) in [6, 6.07) is 31.1. The SMILES string of the molecule is O=[C-]C[P+](c1ccccc1)(c1ccccc1)c1ccccc1.[Pd]. The molecule has 118 valence electrons. The molecular formula is C20H17OPPd. The molecule has 0 atom stereocenters. The Kier molecular flexibility index (Phi) is 6.43. The zero-order valence-electron chi connectivity index (χ0n) is 12.5. The van der Waals surface area contributed by atoms with Crippen LogP contribution in [0.4, 0.5) is 0 Å². The third kappa shape index (κ3) is 3.51. The van der Waals surface area contributed by atoms with E-state index >= 15 is 0 Å². The Labute approximate surface area is 151 Å². The third-order valence-corrected chi connectivity index (χ3v) is 8.04. The van der Waals surface area contributed by atoms with Crippen LogP contribution in [0.3, 0.4) is 0 Å². The molecule has 0 radical (unpaired) electrons. The van der Waals surface area contributed by atoms with Crippen LogP contribution < -0.4 is 15.9 Å². The minimum atomic E-state index is -1.98. The molecule has 0 aliphatic rings. The van der Waals surface area contributed by atoms with Gasteiger partial charge >= 0.3 is 0 Å². The zero-order chi connectivity index (χ0) is 15.3. The van der Waals surface area contributed by atoms with Gasteiger partial charge in [-0.25, -0.2) is 6.29 Å². The van der Waals surface area contributed by atoms with Gasteiger partial charge in [0.2, 0.25) is 0 Å². The average molecular weight is 411 g/mol. The van der Waals surface area contributed by atoms with E-state index in [1.54, 1.807) is 0 Å². The summed E-state index contributed by atoms with van der Waals surface area (Å²) >= 11 is 0. The van der Waals surface area contributed by atoms with Gasteiger partial charge in [0.25, 0.3) is 0 Å². The van der Waals surface area contributed by atoms with E-state index < -0.39 is 7.26 Å². The molecule has 23 heavy (non-hydrogen) atoms. The van der Waals surface area contributed by atoms with E-state index in [9.17, 15) is 4.79 Å². The summed E-state index contributed by atoms with van der Waals surface area (Å²) in [5, 5.41) is 3.65. The van der Waals surface area contributed by atoms with Gasteiger partial charge < -0.3 is 4.79 Å². The van der Waals surface area contributed by atoms with Gasteiger partial charge in [-0.15, -0.1) is 0 Å².